The summed E-state index contributed by atoms with van der Waals surface area (Å²) in [7, 11) is 0. The third-order valence-corrected chi connectivity index (χ3v) is 2.86. The second-order valence-corrected chi connectivity index (χ2v) is 4.53. The van der Waals surface area contributed by atoms with E-state index in [4.69, 9.17) is 10.2 Å². The molecule has 1 aromatic heterocycles. The molecule has 1 heterocycles. The molecule has 1 unspecified atom stereocenters. The van der Waals surface area contributed by atoms with Gasteiger partial charge in [-0.2, -0.15) is 0 Å². The number of aryl methyl sites for hydroxylation is 1. The van der Waals surface area contributed by atoms with Crippen molar-refractivity contribution in [2.45, 2.75) is 19.9 Å². The summed E-state index contributed by atoms with van der Waals surface area (Å²) in [4.78, 5) is 25.7. The summed E-state index contributed by atoms with van der Waals surface area (Å²) in [6, 6.07) is 3.63. The maximum atomic E-state index is 11.1. The molecule has 1 atom stereocenters. The van der Waals surface area contributed by atoms with E-state index in [1.54, 1.807) is 20.0 Å². The molecule has 2 aromatic rings. The van der Waals surface area contributed by atoms with E-state index < -0.39 is 10.8 Å². The average molecular weight is 290 g/mol. The molecule has 0 bridgehead atoms. The highest BCUT2D eigenvalue weighted by Gasteiger charge is 2.20. The van der Waals surface area contributed by atoms with Crippen molar-refractivity contribution in [3.05, 3.63) is 51.7 Å². The van der Waals surface area contributed by atoms with Gasteiger partial charge in [-0.05, 0) is 26.0 Å². The van der Waals surface area contributed by atoms with E-state index in [-0.39, 0.29) is 23.0 Å². The number of nitrogens with zero attached hydrogens (tertiary/aromatic N) is 2. The first-order chi connectivity index (χ1) is 9.88. The summed E-state index contributed by atoms with van der Waals surface area (Å²) < 4.78 is 5.36. The Morgan fingerprint density at radius 3 is 2.76 bits per heavy atom. The molecule has 3 N–H and O–H groups in total. The van der Waals surface area contributed by atoms with Gasteiger partial charge < -0.3 is 15.5 Å². The summed E-state index contributed by atoms with van der Waals surface area (Å²) in [5.74, 6) is 0.346. The number of nitrogens with two attached hydrogens (primary N) is 1. The van der Waals surface area contributed by atoms with Crippen molar-refractivity contribution in [3.8, 4) is 0 Å². The Labute approximate surface area is 120 Å². The van der Waals surface area contributed by atoms with Crippen molar-refractivity contribution < 1.29 is 14.1 Å². The summed E-state index contributed by atoms with van der Waals surface area (Å²) in [6.45, 7) is 3.52. The van der Waals surface area contributed by atoms with Crippen LogP contribution in [0.3, 0.4) is 0 Å². The Bertz CT molecular complexity index is 695. The van der Waals surface area contributed by atoms with Crippen LogP contribution in [0.4, 0.5) is 11.4 Å². The van der Waals surface area contributed by atoms with E-state index in [1.807, 2.05) is 0 Å². The van der Waals surface area contributed by atoms with E-state index in [2.05, 4.69) is 10.3 Å². The summed E-state index contributed by atoms with van der Waals surface area (Å²) in [5.41, 5.74) is 5.22. The highest BCUT2D eigenvalue weighted by Crippen LogP contribution is 2.29. The molecule has 1 amide bonds. The van der Waals surface area contributed by atoms with Gasteiger partial charge in [-0.15, -0.1) is 0 Å². The molecule has 0 saturated carbocycles. The number of nitro groups is 1. The van der Waals surface area contributed by atoms with Crippen molar-refractivity contribution in [1.29, 1.82) is 0 Å². The molecular formula is C13H14N4O4. The maximum absolute atomic E-state index is 11.1. The molecule has 1 aromatic carbocycles. The van der Waals surface area contributed by atoms with Crippen molar-refractivity contribution in [3.63, 3.8) is 0 Å². The van der Waals surface area contributed by atoms with E-state index in [0.29, 0.717) is 11.7 Å². The maximum Gasteiger partial charge on any atom is 0.293 e. The monoisotopic (exact) mass is 290 g/mol. The lowest BCUT2D eigenvalue weighted by Gasteiger charge is -2.12. The number of hydrogen-bond acceptors (Lipinski definition) is 6. The minimum atomic E-state index is -0.721. The number of hydrogen-bond donors (Lipinski definition) is 2. The predicted octanol–water partition coefficient (Wildman–Crippen LogP) is 2.16. The van der Waals surface area contributed by atoms with Crippen LogP contribution in [0.2, 0.25) is 0 Å². The lowest BCUT2D eigenvalue weighted by molar-refractivity contribution is -0.384. The third-order valence-electron chi connectivity index (χ3n) is 2.86. The van der Waals surface area contributed by atoms with Gasteiger partial charge in [0.25, 0.3) is 5.69 Å². The largest absolute Gasteiger partial charge is 0.444 e. The van der Waals surface area contributed by atoms with Crippen LogP contribution >= 0.6 is 0 Å². The normalized spacial score (nSPS) is 11.9. The zero-order valence-electron chi connectivity index (χ0n) is 11.5. The van der Waals surface area contributed by atoms with Gasteiger partial charge in [-0.3, -0.25) is 14.9 Å². The van der Waals surface area contributed by atoms with Crippen LogP contribution in [0.25, 0.3) is 0 Å². The van der Waals surface area contributed by atoms with Crippen molar-refractivity contribution in [2.24, 2.45) is 5.73 Å². The quantitative estimate of drug-likeness (QED) is 0.642. The standard InChI is InChI=1S/C13H14N4O4/c1-7-6-15-13(21-7)8(2)16-10-4-3-9(12(14)18)5-11(10)17(19)20/h3-6,8,16H,1-2H3,(H2,14,18). The summed E-state index contributed by atoms with van der Waals surface area (Å²) >= 11 is 0. The highest BCUT2D eigenvalue weighted by atomic mass is 16.6. The smallest absolute Gasteiger partial charge is 0.293 e. The first kappa shape index (κ1) is 14.5. The number of rotatable bonds is 5. The van der Waals surface area contributed by atoms with Crippen molar-refractivity contribution in [1.82, 2.24) is 4.98 Å². The molecular weight excluding hydrogens is 276 g/mol. The van der Waals surface area contributed by atoms with E-state index in [1.165, 1.54) is 12.1 Å². The SMILES string of the molecule is Cc1cnc(C(C)Nc2ccc(C(N)=O)cc2[N+](=O)[O-])o1. The number of benzene rings is 1. The number of carbonyl (C=O) groups excluding carboxylic acids is 1. The van der Waals surface area contributed by atoms with Gasteiger partial charge >= 0.3 is 0 Å². The van der Waals surface area contributed by atoms with Crippen LogP contribution < -0.4 is 11.1 Å². The van der Waals surface area contributed by atoms with Crippen LogP contribution in [0.5, 0.6) is 0 Å². The molecule has 0 saturated heterocycles. The molecule has 110 valence electrons. The minimum absolute atomic E-state index is 0.0758. The predicted molar refractivity (Wildman–Crippen MR) is 74.9 cm³/mol. The fourth-order valence-corrected chi connectivity index (χ4v) is 1.83. The van der Waals surface area contributed by atoms with Gasteiger partial charge in [0.1, 0.15) is 17.5 Å². The van der Waals surface area contributed by atoms with E-state index in [9.17, 15) is 14.9 Å². The van der Waals surface area contributed by atoms with Crippen LogP contribution in [-0.4, -0.2) is 15.8 Å². The molecule has 8 heteroatoms. The molecule has 0 aliphatic rings. The molecule has 2 rings (SSSR count). The van der Waals surface area contributed by atoms with Crippen LogP contribution in [0.15, 0.2) is 28.8 Å². The van der Waals surface area contributed by atoms with Crippen LogP contribution in [0.1, 0.15) is 35.0 Å². The van der Waals surface area contributed by atoms with Gasteiger partial charge in [-0.1, -0.05) is 0 Å². The number of nitrogens with one attached hydrogen (secondary N) is 1. The third kappa shape index (κ3) is 3.16. The number of primary amides is 1. The van der Waals surface area contributed by atoms with E-state index in [0.717, 1.165) is 6.07 Å². The summed E-state index contributed by atoms with van der Waals surface area (Å²) in [5, 5.41) is 14.0. The zero-order chi connectivity index (χ0) is 15.6. The van der Waals surface area contributed by atoms with Gasteiger partial charge in [0.05, 0.1) is 11.1 Å². The summed E-state index contributed by atoms with van der Waals surface area (Å²) in [6.07, 6.45) is 1.57. The molecule has 0 fully saturated rings. The van der Waals surface area contributed by atoms with Gasteiger partial charge in [0.15, 0.2) is 0 Å². The first-order valence-corrected chi connectivity index (χ1v) is 6.15. The first-order valence-electron chi connectivity index (χ1n) is 6.15. The lowest BCUT2D eigenvalue weighted by atomic mass is 10.1. The second-order valence-electron chi connectivity index (χ2n) is 4.53. The Morgan fingerprint density at radius 2 is 2.24 bits per heavy atom. The number of aromatic nitrogens is 1. The fraction of sp³-hybridized carbons (Fsp3) is 0.231. The Balaban J connectivity index is 2.31. The topological polar surface area (TPSA) is 124 Å². The second kappa shape index (κ2) is 5.61. The number of anilines is 1. The Kier molecular flexibility index (Phi) is 3.88. The van der Waals surface area contributed by atoms with Crippen molar-refractivity contribution in [2.75, 3.05) is 5.32 Å². The molecule has 21 heavy (non-hydrogen) atoms. The average Bonchev–Trinajstić information content (AvgIpc) is 2.85. The van der Waals surface area contributed by atoms with Crippen LogP contribution in [-0.2, 0) is 0 Å². The van der Waals surface area contributed by atoms with E-state index >= 15 is 0 Å². The number of carbonyl (C=O) groups is 1. The number of amides is 1. The van der Waals surface area contributed by atoms with Gasteiger partial charge in [-0.25, -0.2) is 4.98 Å². The minimum Gasteiger partial charge on any atom is -0.444 e. The zero-order valence-corrected chi connectivity index (χ0v) is 11.5. The molecule has 0 radical (unpaired) electrons. The molecule has 0 aliphatic carbocycles. The fourth-order valence-electron chi connectivity index (χ4n) is 1.83. The van der Waals surface area contributed by atoms with Gasteiger partial charge in [0.2, 0.25) is 11.8 Å². The van der Waals surface area contributed by atoms with Crippen LogP contribution in [0, 0.1) is 17.0 Å². The molecule has 8 nitrogen and oxygen atoms in total. The Hall–Kier alpha value is -2.90. The number of oxazole rings is 1. The molecule has 0 spiro atoms. The Morgan fingerprint density at radius 1 is 1.52 bits per heavy atom. The molecule has 0 aliphatic heterocycles. The number of nitro benzene ring substituents is 1. The van der Waals surface area contributed by atoms with Gasteiger partial charge in [0, 0.05) is 11.6 Å². The lowest BCUT2D eigenvalue weighted by Crippen LogP contribution is -2.13. The highest BCUT2D eigenvalue weighted by molar-refractivity contribution is 5.94. The van der Waals surface area contributed by atoms with Crippen molar-refractivity contribution >= 4 is 17.3 Å².